The number of benzene rings is 1. The Morgan fingerprint density at radius 1 is 1.43 bits per heavy atom. The summed E-state index contributed by atoms with van der Waals surface area (Å²) in [5, 5.41) is 14.9. The van der Waals surface area contributed by atoms with Crippen LogP contribution in [0, 0.1) is 0 Å². The van der Waals surface area contributed by atoms with Crippen LogP contribution >= 0.6 is 0 Å². The SMILES string of the molecule is CCOc1cc(CNCC(=O)O)ccc1N1CCNCC1. The highest BCUT2D eigenvalue weighted by Crippen LogP contribution is 2.30. The molecular weight excluding hydrogens is 270 g/mol. The van der Waals surface area contributed by atoms with Crippen molar-refractivity contribution in [1.29, 1.82) is 0 Å². The van der Waals surface area contributed by atoms with Crippen molar-refractivity contribution >= 4 is 11.7 Å². The largest absolute Gasteiger partial charge is 0.492 e. The first-order valence-electron chi connectivity index (χ1n) is 7.34. The average molecular weight is 293 g/mol. The van der Waals surface area contributed by atoms with E-state index < -0.39 is 5.97 Å². The fraction of sp³-hybridized carbons (Fsp3) is 0.533. The van der Waals surface area contributed by atoms with E-state index in [0.717, 1.165) is 43.2 Å². The van der Waals surface area contributed by atoms with Crippen LogP contribution in [-0.4, -0.2) is 50.4 Å². The third-order valence-electron chi connectivity index (χ3n) is 3.39. The normalized spacial score (nSPS) is 15.0. The Morgan fingerprint density at radius 3 is 2.86 bits per heavy atom. The molecule has 0 aliphatic carbocycles. The molecule has 6 heteroatoms. The van der Waals surface area contributed by atoms with Crippen molar-refractivity contribution in [3.8, 4) is 5.75 Å². The minimum absolute atomic E-state index is 0.0382. The minimum Gasteiger partial charge on any atom is -0.492 e. The Hall–Kier alpha value is -1.79. The predicted molar refractivity (Wildman–Crippen MR) is 82.0 cm³/mol. The predicted octanol–water partition coefficient (Wildman–Crippen LogP) is 0.669. The van der Waals surface area contributed by atoms with Gasteiger partial charge in [-0.2, -0.15) is 0 Å². The number of nitrogens with zero attached hydrogens (tertiary/aromatic N) is 1. The maximum atomic E-state index is 10.5. The average Bonchev–Trinajstić information content (AvgIpc) is 2.48. The summed E-state index contributed by atoms with van der Waals surface area (Å²) in [5.74, 6) is 0.0199. The number of carboxylic acids is 1. The molecule has 0 bridgehead atoms. The fourth-order valence-electron chi connectivity index (χ4n) is 2.42. The lowest BCUT2D eigenvalue weighted by molar-refractivity contribution is -0.135. The molecule has 1 aliphatic heterocycles. The first kappa shape index (κ1) is 15.6. The van der Waals surface area contributed by atoms with Gasteiger partial charge in [-0.1, -0.05) is 6.07 Å². The van der Waals surface area contributed by atoms with Gasteiger partial charge in [-0.3, -0.25) is 4.79 Å². The molecule has 1 fully saturated rings. The molecule has 1 saturated heterocycles. The zero-order valence-corrected chi connectivity index (χ0v) is 12.4. The fourth-order valence-corrected chi connectivity index (χ4v) is 2.42. The van der Waals surface area contributed by atoms with Gasteiger partial charge >= 0.3 is 5.97 Å². The highest BCUT2D eigenvalue weighted by molar-refractivity contribution is 5.69. The molecule has 0 unspecified atom stereocenters. The lowest BCUT2D eigenvalue weighted by Gasteiger charge is -2.31. The Morgan fingerprint density at radius 2 is 2.19 bits per heavy atom. The second-order valence-electron chi connectivity index (χ2n) is 4.97. The van der Waals surface area contributed by atoms with Crippen LogP contribution in [0.15, 0.2) is 18.2 Å². The molecule has 0 saturated carbocycles. The van der Waals surface area contributed by atoms with Crippen LogP contribution in [0.5, 0.6) is 5.75 Å². The first-order chi connectivity index (χ1) is 10.2. The van der Waals surface area contributed by atoms with E-state index in [0.29, 0.717) is 13.2 Å². The molecule has 0 spiro atoms. The van der Waals surface area contributed by atoms with Crippen LogP contribution < -0.4 is 20.3 Å². The summed E-state index contributed by atoms with van der Waals surface area (Å²) in [6.07, 6.45) is 0. The van der Waals surface area contributed by atoms with Crippen LogP contribution in [-0.2, 0) is 11.3 Å². The third kappa shape index (κ3) is 4.61. The molecule has 0 aromatic heterocycles. The summed E-state index contributed by atoms with van der Waals surface area (Å²) < 4.78 is 5.75. The van der Waals surface area contributed by atoms with E-state index in [-0.39, 0.29) is 6.54 Å². The second kappa shape index (κ2) is 7.85. The monoisotopic (exact) mass is 293 g/mol. The van der Waals surface area contributed by atoms with Gasteiger partial charge in [0.25, 0.3) is 0 Å². The lowest BCUT2D eigenvalue weighted by atomic mass is 10.1. The number of hydrogen-bond donors (Lipinski definition) is 3. The summed E-state index contributed by atoms with van der Waals surface area (Å²) >= 11 is 0. The molecule has 6 nitrogen and oxygen atoms in total. The zero-order valence-electron chi connectivity index (χ0n) is 12.4. The molecule has 21 heavy (non-hydrogen) atoms. The minimum atomic E-state index is -0.850. The highest BCUT2D eigenvalue weighted by atomic mass is 16.5. The summed E-state index contributed by atoms with van der Waals surface area (Å²) in [5.41, 5.74) is 2.14. The van der Waals surface area contributed by atoms with Crippen molar-refractivity contribution in [3.63, 3.8) is 0 Å². The van der Waals surface area contributed by atoms with Gasteiger partial charge in [0.1, 0.15) is 5.75 Å². The first-order valence-corrected chi connectivity index (χ1v) is 7.34. The summed E-state index contributed by atoms with van der Waals surface area (Å²) in [4.78, 5) is 12.8. The number of carbonyl (C=O) groups is 1. The summed E-state index contributed by atoms with van der Waals surface area (Å²) in [7, 11) is 0. The molecule has 1 heterocycles. The Labute approximate surface area is 125 Å². The van der Waals surface area contributed by atoms with E-state index in [1.54, 1.807) is 0 Å². The number of piperazine rings is 1. The van der Waals surface area contributed by atoms with Crippen molar-refractivity contribution in [2.45, 2.75) is 13.5 Å². The van der Waals surface area contributed by atoms with Gasteiger partial charge in [-0.15, -0.1) is 0 Å². The number of aliphatic carboxylic acids is 1. The molecule has 0 atom stereocenters. The summed E-state index contributed by atoms with van der Waals surface area (Å²) in [6, 6.07) is 6.08. The lowest BCUT2D eigenvalue weighted by Crippen LogP contribution is -2.43. The molecule has 1 aliphatic rings. The number of hydrogen-bond acceptors (Lipinski definition) is 5. The van der Waals surface area contributed by atoms with E-state index in [1.165, 1.54) is 0 Å². The molecule has 1 aromatic carbocycles. The van der Waals surface area contributed by atoms with E-state index in [1.807, 2.05) is 19.1 Å². The van der Waals surface area contributed by atoms with Gasteiger partial charge in [-0.25, -0.2) is 0 Å². The maximum Gasteiger partial charge on any atom is 0.317 e. The van der Waals surface area contributed by atoms with Gasteiger partial charge in [0, 0.05) is 32.7 Å². The van der Waals surface area contributed by atoms with Gasteiger partial charge in [0.15, 0.2) is 0 Å². The van der Waals surface area contributed by atoms with Crippen LogP contribution in [0.1, 0.15) is 12.5 Å². The standard InChI is InChI=1S/C15H23N3O3/c1-2-21-14-9-12(10-17-11-15(19)20)3-4-13(14)18-7-5-16-6-8-18/h3-4,9,16-17H,2,5-8,10-11H2,1H3,(H,19,20). The third-order valence-corrected chi connectivity index (χ3v) is 3.39. The van der Waals surface area contributed by atoms with Gasteiger partial charge in [0.05, 0.1) is 18.8 Å². The van der Waals surface area contributed by atoms with Gasteiger partial charge in [0.2, 0.25) is 0 Å². The van der Waals surface area contributed by atoms with Crippen LogP contribution in [0.4, 0.5) is 5.69 Å². The van der Waals surface area contributed by atoms with Crippen molar-refractivity contribution in [3.05, 3.63) is 23.8 Å². The van der Waals surface area contributed by atoms with E-state index >= 15 is 0 Å². The number of rotatable bonds is 7. The highest BCUT2D eigenvalue weighted by Gasteiger charge is 2.15. The molecule has 0 amide bonds. The van der Waals surface area contributed by atoms with E-state index in [9.17, 15) is 4.79 Å². The van der Waals surface area contributed by atoms with Crippen LogP contribution in [0.25, 0.3) is 0 Å². The second-order valence-corrected chi connectivity index (χ2v) is 4.97. The number of ether oxygens (including phenoxy) is 1. The molecule has 116 valence electrons. The quantitative estimate of drug-likeness (QED) is 0.686. The van der Waals surface area contributed by atoms with E-state index in [4.69, 9.17) is 9.84 Å². The van der Waals surface area contributed by atoms with Crippen molar-refractivity contribution in [2.75, 3.05) is 44.2 Å². The Kier molecular flexibility index (Phi) is 5.83. The number of nitrogens with one attached hydrogen (secondary N) is 2. The van der Waals surface area contributed by atoms with Crippen molar-refractivity contribution in [2.24, 2.45) is 0 Å². The number of anilines is 1. The molecular formula is C15H23N3O3. The van der Waals surface area contributed by atoms with E-state index in [2.05, 4.69) is 21.6 Å². The van der Waals surface area contributed by atoms with Gasteiger partial charge < -0.3 is 25.4 Å². The molecule has 3 N–H and O–H groups in total. The van der Waals surface area contributed by atoms with Gasteiger partial charge in [-0.05, 0) is 24.6 Å². The zero-order chi connectivity index (χ0) is 15.1. The Balaban J connectivity index is 2.08. The topological polar surface area (TPSA) is 73.8 Å². The molecule has 1 aromatic rings. The Bertz CT molecular complexity index is 473. The molecule has 2 rings (SSSR count). The summed E-state index contributed by atoms with van der Waals surface area (Å²) in [6.45, 7) is 6.97. The van der Waals surface area contributed by atoms with Crippen molar-refractivity contribution in [1.82, 2.24) is 10.6 Å². The smallest absolute Gasteiger partial charge is 0.317 e. The van der Waals surface area contributed by atoms with Crippen LogP contribution in [0.3, 0.4) is 0 Å². The maximum absolute atomic E-state index is 10.5. The van der Waals surface area contributed by atoms with Crippen molar-refractivity contribution < 1.29 is 14.6 Å². The van der Waals surface area contributed by atoms with Crippen LogP contribution in [0.2, 0.25) is 0 Å². The molecule has 0 radical (unpaired) electrons. The number of carboxylic acid groups (broad SMARTS) is 1.